The van der Waals surface area contributed by atoms with Crippen LogP contribution in [-0.4, -0.2) is 5.78 Å². The maximum Gasteiger partial charge on any atom is 0.185 e. The topological polar surface area (TPSA) is 17.1 Å². The van der Waals surface area contributed by atoms with Crippen molar-refractivity contribution < 1.29 is 13.6 Å². The van der Waals surface area contributed by atoms with Gasteiger partial charge in [-0.25, -0.2) is 8.78 Å². The van der Waals surface area contributed by atoms with Gasteiger partial charge in [0.15, 0.2) is 17.4 Å². The molecule has 0 atom stereocenters. The summed E-state index contributed by atoms with van der Waals surface area (Å²) >= 11 is 0. The molecule has 0 bridgehead atoms. The summed E-state index contributed by atoms with van der Waals surface area (Å²) < 4.78 is 25.1. The highest BCUT2D eigenvalue weighted by atomic mass is 19.2. The van der Waals surface area contributed by atoms with Crippen LogP contribution in [0.25, 0.3) is 0 Å². The Balaban J connectivity index is 3.04. The van der Waals surface area contributed by atoms with Gasteiger partial charge in [-0.1, -0.05) is 6.08 Å². The SMILES string of the molecule is C/C=C/C(=O)c1ccc(F)c(F)c1. The average molecular weight is 182 g/mol. The maximum absolute atomic E-state index is 12.6. The van der Waals surface area contributed by atoms with Crippen LogP contribution in [0.15, 0.2) is 30.4 Å². The number of hydrogen-bond acceptors (Lipinski definition) is 1. The third-order valence-corrected chi connectivity index (χ3v) is 1.52. The fraction of sp³-hybridized carbons (Fsp3) is 0.100. The Morgan fingerprint density at radius 3 is 2.54 bits per heavy atom. The quantitative estimate of drug-likeness (QED) is 0.507. The summed E-state index contributed by atoms with van der Waals surface area (Å²) in [7, 11) is 0. The van der Waals surface area contributed by atoms with Crippen molar-refractivity contribution in [3.63, 3.8) is 0 Å². The van der Waals surface area contributed by atoms with Gasteiger partial charge in [0, 0.05) is 5.56 Å². The molecule has 0 N–H and O–H groups in total. The van der Waals surface area contributed by atoms with E-state index in [9.17, 15) is 13.6 Å². The molecular weight excluding hydrogens is 174 g/mol. The van der Waals surface area contributed by atoms with Gasteiger partial charge >= 0.3 is 0 Å². The molecule has 0 saturated carbocycles. The Morgan fingerprint density at radius 1 is 1.31 bits per heavy atom. The van der Waals surface area contributed by atoms with Crippen molar-refractivity contribution >= 4 is 5.78 Å². The zero-order valence-corrected chi connectivity index (χ0v) is 7.05. The highest BCUT2D eigenvalue weighted by molar-refractivity contribution is 6.04. The van der Waals surface area contributed by atoms with Crippen LogP contribution in [0.2, 0.25) is 0 Å². The summed E-state index contributed by atoms with van der Waals surface area (Å²) in [6.45, 7) is 1.68. The lowest BCUT2D eigenvalue weighted by molar-refractivity contribution is 0.104. The largest absolute Gasteiger partial charge is 0.289 e. The Morgan fingerprint density at radius 2 is 2.00 bits per heavy atom. The first-order valence-corrected chi connectivity index (χ1v) is 3.77. The summed E-state index contributed by atoms with van der Waals surface area (Å²) in [5.41, 5.74) is 0.150. The van der Waals surface area contributed by atoms with Gasteiger partial charge in [0.05, 0.1) is 0 Å². The molecule has 1 rings (SSSR count). The number of rotatable bonds is 2. The molecule has 0 radical (unpaired) electrons. The van der Waals surface area contributed by atoms with Crippen LogP contribution in [0.4, 0.5) is 8.78 Å². The van der Waals surface area contributed by atoms with Crippen LogP contribution in [0.5, 0.6) is 0 Å². The van der Waals surface area contributed by atoms with Crippen molar-refractivity contribution in [3.05, 3.63) is 47.5 Å². The summed E-state index contributed by atoms with van der Waals surface area (Å²) in [6.07, 6.45) is 2.84. The van der Waals surface area contributed by atoms with Gasteiger partial charge in [-0.15, -0.1) is 0 Å². The molecule has 0 unspecified atom stereocenters. The van der Waals surface area contributed by atoms with Gasteiger partial charge in [-0.2, -0.15) is 0 Å². The van der Waals surface area contributed by atoms with Crippen LogP contribution in [-0.2, 0) is 0 Å². The Bertz CT molecular complexity index is 356. The first kappa shape index (κ1) is 9.58. The van der Waals surface area contributed by atoms with E-state index in [2.05, 4.69) is 0 Å². The lowest BCUT2D eigenvalue weighted by Crippen LogP contribution is -1.96. The number of ketones is 1. The van der Waals surface area contributed by atoms with Crippen LogP contribution in [0.1, 0.15) is 17.3 Å². The highest BCUT2D eigenvalue weighted by Gasteiger charge is 2.06. The lowest BCUT2D eigenvalue weighted by atomic mass is 10.1. The van der Waals surface area contributed by atoms with Gasteiger partial charge in [-0.3, -0.25) is 4.79 Å². The molecular formula is C10H8F2O. The minimum atomic E-state index is -1.00. The molecule has 0 saturated heterocycles. The fourth-order valence-corrected chi connectivity index (χ4v) is 0.897. The number of hydrogen-bond donors (Lipinski definition) is 0. The minimum absolute atomic E-state index is 0.150. The molecule has 1 nitrogen and oxygen atoms in total. The zero-order chi connectivity index (χ0) is 9.84. The van der Waals surface area contributed by atoms with Crippen molar-refractivity contribution in [1.82, 2.24) is 0 Å². The summed E-state index contributed by atoms with van der Waals surface area (Å²) in [5.74, 6) is -2.28. The first-order chi connectivity index (χ1) is 6.15. The Hall–Kier alpha value is -1.51. The predicted octanol–water partition coefficient (Wildman–Crippen LogP) is 2.72. The van der Waals surface area contributed by atoms with E-state index >= 15 is 0 Å². The number of carbonyl (C=O) groups excluding carboxylic acids is 1. The predicted molar refractivity (Wildman–Crippen MR) is 45.5 cm³/mol. The Labute approximate surface area is 74.7 Å². The third kappa shape index (κ3) is 2.21. The molecule has 1 aromatic carbocycles. The van der Waals surface area contributed by atoms with E-state index in [4.69, 9.17) is 0 Å². The van der Waals surface area contributed by atoms with Crippen molar-refractivity contribution in [3.8, 4) is 0 Å². The molecule has 0 aliphatic carbocycles. The van der Waals surface area contributed by atoms with Crippen molar-refractivity contribution in [2.75, 3.05) is 0 Å². The molecule has 0 aliphatic rings. The standard InChI is InChI=1S/C10H8F2O/c1-2-3-10(13)7-4-5-8(11)9(12)6-7/h2-6H,1H3/b3-2+. The van der Waals surface area contributed by atoms with Gasteiger partial charge in [0.1, 0.15) is 0 Å². The van der Waals surface area contributed by atoms with Crippen LogP contribution in [0.3, 0.4) is 0 Å². The number of halogens is 2. The average Bonchev–Trinajstić information content (AvgIpc) is 2.10. The molecule has 1 aromatic rings. The van der Waals surface area contributed by atoms with Crippen molar-refractivity contribution in [2.45, 2.75) is 6.92 Å². The van der Waals surface area contributed by atoms with Crippen LogP contribution in [0, 0.1) is 11.6 Å². The Kier molecular flexibility index (Phi) is 2.90. The second-order valence-electron chi connectivity index (χ2n) is 2.49. The number of carbonyl (C=O) groups is 1. The molecule has 0 aliphatic heterocycles. The molecule has 0 aromatic heterocycles. The van der Waals surface area contributed by atoms with E-state index in [0.717, 1.165) is 12.1 Å². The normalized spacial score (nSPS) is 10.7. The van der Waals surface area contributed by atoms with E-state index < -0.39 is 11.6 Å². The molecule has 0 heterocycles. The first-order valence-electron chi connectivity index (χ1n) is 3.77. The lowest BCUT2D eigenvalue weighted by Gasteiger charge is -1.96. The van der Waals surface area contributed by atoms with E-state index in [-0.39, 0.29) is 11.3 Å². The van der Waals surface area contributed by atoms with Crippen molar-refractivity contribution in [1.29, 1.82) is 0 Å². The van der Waals surface area contributed by atoms with E-state index in [1.807, 2.05) is 0 Å². The zero-order valence-electron chi connectivity index (χ0n) is 7.05. The molecule has 0 spiro atoms. The number of allylic oxidation sites excluding steroid dienone is 2. The van der Waals surface area contributed by atoms with E-state index in [1.54, 1.807) is 13.0 Å². The van der Waals surface area contributed by atoms with E-state index in [0.29, 0.717) is 0 Å². The highest BCUT2D eigenvalue weighted by Crippen LogP contribution is 2.09. The maximum atomic E-state index is 12.6. The summed E-state index contributed by atoms with van der Waals surface area (Å²) in [6, 6.07) is 3.07. The smallest absolute Gasteiger partial charge is 0.185 e. The molecule has 13 heavy (non-hydrogen) atoms. The second kappa shape index (κ2) is 3.94. The van der Waals surface area contributed by atoms with Crippen LogP contribution >= 0.6 is 0 Å². The summed E-state index contributed by atoms with van der Waals surface area (Å²) in [4.78, 5) is 11.1. The van der Waals surface area contributed by atoms with Crippen LogP contribution < -0.4 is 0 Å². The molecule has 68 valence electrons. The monoisotopic (exact) mass is 182 g/mol. The fourth-order valence-electron chi connectivity index (χ4n) is 0.897. The van der Waals surface area contributed by atoms with E-state index in [1.165, 1.54) is 12.1 Å². The second-order valence-corrected chi connectivity index (χ2v) is 2.49. The summed E-state index contributed by atoms with van der Waals surface area (Å²) in [5, 5.41) is 0. The van der Waals surface area contributed by atoms with Gasteiger partial charge in [-0.05, 0) is 31.2 Å². The molecule has 0 fully saturated rings. The van der Waals surface area contributed by atoms with Gasteiger partial charge in [0.25, 0.3) is 0 Å². The molecule has 3 heteroatoms. The van der Waals surface area contributed by atoms with Gasteiger partial charge < -0.3 is 0 Å². The molecule has 0 amide bonds. The number of benzene rings is 1. The third-order valence-electron chi connectivity index (χ3n) is 1.52. The minimum Gasteiger partial charge on any atom is -0.289 e. The van der Waals surface area contributed by atoms with Gasteiger partial charge in [0.2, 0.25) is 0 Å². The van der Waals surface area contributed by atoms with Crippen molar-refractivity contribution in [2.24, 2.45) is 0 Å².